The van der Waals surface area contributed by atoms with Gasteiger partial charge in [0.1, 0.15) is 6.33 Å². The van der Waals surface area contributed by atoms with Crippen LogP contribution in [0.5, 0.6) is 0 Å². The van der Waals surface area contributed by atoms with E-state index in [2.05, 4.69) is 15.1 Å². The monoisotopic (exact) mass is 208 g/mol. The topological polar surface area (TPSA) is 43.6 Å². The molecule has 0 aromatic carbocycles. The highest BCUT2D eigenvalue weighted by molar-refractivity contribution is 6.33. The minimum atomic E-state index is 0.655. The second-order valence-corrected chi connectivity index (χ2v) is 3.38. The number of aromatic nitrogens is 4. The fraction of sp³-hybridized carbons (Fsp3) is 0.222. The Morgan fingerprint density at radius 2 is 1.93 bits per heavy atom. The van der Waals surface area contributed by atoms with Gasteiger partial charge in [0.05, 0.1) is 16.4 Å². The van der Waals surface area contributed by atoms with Gasteiger partial charge in [-0.25, -0.2) is 9.97 Å². The first-order valence-corrected chi connectivity index (χ1v) is 4.52. The van der Waals surface area contributed by atoms with Crippen LogP contribution in [0, 0.1) is 6.92 Å². The molecular weight excluding hydrogens is 200 g/mol. The van der Waals surface area contributed by atoms with Gasteiger partial charge in [-0.3, -0.25) is 4.68 Å². The molecule has 0 aliphatic carbocycles. The summed E-state index contributed by atoms with van der Waals surface area (Å²) in [7, 11) is 1.85. The lowest BCUT2D eigenvalue weighted by atomic mass is 10.2. The largest absolute Gasteiger partial charge is 0.266 e. The first kappa shape index (κ1) is 9.15. The van der Waals surface area contributed by atoms with E-state index in [4.69, 9.17) is 11.6 Å². The lowest BCUT2D eigenvalue weighted by Gasteiger charge is -2.00. The van der Waals surface area contributed by atoms with Gasteiger partial charge >= 0.3 is 0 Å². The number of aryl methyl sites for hydroxylation is 2. The molecule has 4 nitrogen and oxygen atoms in total. The highest BCUT2D eigenvalue weighted by atomic mass is 35.5. The van der Waals surface area contributed by atoms with E-state index in [0.29, 0.717) is 5.02 Å². The van der Waals surface area contributed by atoms with Crippen molar-refractivity contribution in [3.63, 3.8) is 0 Å². The van der Waals surface area contributed by atoms with Crippen LogP contribution in [0.1, 0.15) is 5.69 Å². The van der Waals surface area contributed by atoms with Crippen LogP contribution < -0.4 is 0 Å². The van der Waals surface area contributed by atoms with E-state index < -0.39 is 0 Å². The van der Waals surface area contributed by atoms with E-state index >= 15 is 0 Å². The van der Waals surface area contributed by atoms with E-state index in [1.54, 1.807) is 17.1 Å². The minimum absolute atomic E-state index is 0.655. The van der Waals surface area contributed by atoms with Crippen molar-refractivity contribution < 1.29 is 0 Å². The average Bonchev–Trinajstić information content (AvgIpc) is 2.43. The Balaban J connectivity index is 2.62. The van der Waals surface area contributed by atoms with Gasteiger partial charge < -0.3 is 0 Å². The molecule has 0 bridgehead atoms. The van der Waals surface area contributed by atoms with Gasteiger partial charge in [0, 0.05) is 25.0 Å². The minimum Gasteiger partial charge on any atom is -0.266 e. The molecular formula is C9H9ClN4. The van der Waals surface area contributed by atoms with Crippen molar-refractivity contribution in [1.82, 2.24) is 19.7 Å². The van der Waals surface area contributed by atoms with Crippen LogP contribution >= 0.6 is 11.6 Å². The summed E-state index contributed by atoms with van der Waals surface area (Å²) in [5.74, 6) is 0. The third-order valence-corrected chi connectivity index (χ3v) is 2.44. The molecule has 0 atom stereocenters. The maximum atomic E-state index is 6.11. The number of nitrogens with zero attached hydrogens (tertiary/aromatic N) is 4. The number of rotatable bonds is 1. The SMILES string of the molecule is Cc1nn(C)c(-c2cncnc2)c1Cl. The molecule has 0 spiro atoms. The first-order chi connectivity index (χ1) is 6.70. The van der Waals surface area contributed by atoms with Crippen molar-refractivity contribution in [3.8, 4) is 11.3 Å². The van der Waals surface area contributed by atoms with Crippen LogP contribution in [0.3, 0.4) is 0 Å². The molecule has 0 N–H and O–H groups in total. The van der Waals surface area contributed by atoms with Crippen molar-refractivity contribution in [2.75, 3.05) is 0 Å². The summed E-state index contributed by atoms with van der Waals surface area (Å²) in [6.45, 7) is 1.87. The second-order valence-electron chi connectivity index (χ2n) is 3.00. The molecule has 2 aromatic rings. The van der Waals surface area contributed by atoms with Crippen molar-refractivity contribution in [3.05, 3.63) is 29.4 Å². The average molecular weight is 209 g/mol. The van der Waals surface area contributed by atoms with E-state index in [-0.39, 0.29) is 0 Å². The standard InChI is InChI=1S/C9H9ClN4/c1-6-8(10)9(14(2)13-6)7-3-11-5-12-4-7/h3-5H,1-2H3. The van der Waals surface area contributed by atoms with Gasteiger partial charge in [-0.15, -0.1) is 0 Å². The summed E-state index contributed by atoms with van der Waals surface area (Å²) in [6, 6.07) is 0. The van der Waals surface area contributed by atoms with E-state index in [0.717, 1.165) is 17.0 Å². The Hall–Kier alpha value is -1.42. The molecule has 2 heterocycles. The second kappa shape index (κ2) is 3.38. The predicted octanol–water partition coefficient (Wildman–Crippen LogP) is 1.84. The third kappa shape index (κ3) is 1.37. The van der Waals surface area contributed by atoms with Crippen LogP contribution in [0.4, 0.5) is 0 Å². The Kier molecular flexibility index (Phi) is 2.21. The van der Waals surface area contributed by atoms with Gasteiger partial charge in [0.25, 0.3) is 0 Å². The molecule has 72 valence electrons. The molecule has 0 amide bonds. The Bertz CT molecular complexity index is 449. The highest BCUT2D eigenvalue weighted by Crippen LogP contribution is 2.28. The van der Waals surface area contributed by atoms with Crippen molar-refractivity contribution >= 4 is 11.6 Å². The maximum Gasteiger partial charge on any atom is 0.115 e. The molecule has 0 fully saturated rings. The summed E-state index contributed by atoms with van der Waals surface area (Å²) >= 11 is 6.11. The predicted molar refractivity (Wildman–Crippen MR) is 54.0 cm³/mol. The lowest BCUT2D eigenvalue weighted by molar-refractivity contribution is 0.763. The van der Waals surface area contributed by atoms with Gasteiger partial charge in [-0.2, -0.15) is 5.10 Å². The van der Waals surface area contributed by atoms with Crippen molar-refractivity contribution in [2.45, 2.75) is 6.92 Å². The number of halogens is 1. The molecule has 0 saturated carbocycles. The zero-order valence-corrected chi connectivity index (χ0v) is 8.65. The molecule has 5 heteroatoms. The summed E-state index contributed by atoms with van der Waals surface area (Å²) < 4.78 is 1.73. The quantitative estimate of drug-likeness (QED) is 0.718. The summed E-state index contributed by atoms with van der Waals surface area (Å²) in [5.41, 5.74) is 2.54. The van der Waals surface area contributed by atoms with Crippen LogP contribution in [-0.2, 0) is 7.05 Å². The molecule has 0 aliphatic heterocycles. The first-order valence-electron chi connectivity index (χ1n) is 4.14. The molecule has 0 saturated heterocycles. The molecule has 2 aromatic heterocycles. The summed E-state index contributed by atoms with van der Waals surface area (Å²) in [6.07, 6.45) is 4.92. The maximum absolute atomic E-state index is 6.11. The van der Waals surface area contributed by atoms with Crippen LogP contribution in [0.2, 0.25) is 5.02 Å². The fourth-order valence-corrected chi connectivity index (χ4v) is 1.64. The van der Waals surface area contributed by atoms with Crippen molar-refractivity contribution in [1.29, 1.82) is 0 Å². The van der Waals surface area contributed by atoms with E-state index in [1.165, 1.54) is 6.33 Å². The Morgan fingerprint density at radius 3 is 2.43 bits per heavy atom. The molecule has 14 heavy (non-hydrogen) atoms. The number of hydrogen-bond donors (Lipinski definition) is 0. The van der Waals surface area contributed by atoms with Crippen LogP contribution in [0.25, 0.3) is 11.3 Å². The zero-order chi connectivity index (χ0) is 10.1. The molecule has 0 unspecified atom stereocenters. The Labute approximate surface area is 86.6 Å². The van der Waals surface area contributed by atoms with Gasteiger partial charge in [-0.05, 0) is 6.92 Å². The molecule has 2 rings (SSSR count). The Morgan fingerprint density at radius 1 is 1.29 bits per heavy atom. The summed E-state index contributed by atoms with van der Waals surface area (Å²) in [4.78, 5) is 7.88. The van der Waals surface area contributed by atoms with E-state index in [9.17, 15) is 0 Å². The fourth-order valence-electron chi connectivity index (χ4n) is 1.37. The van der Waals surface area contributed by atoms with Gasteiger partial charge in [-0.1, -0.05) is 11.6 Å². The van der Waals surface area contributed by atoms with Gasteiger partial charge in [0.2, 0.25) is 0 Å². The normalized spacial score (nSPS) is 10.5. The number of hydrogen-bond acceptors (Lipinski definition) is 3. The summed E-state index contributed by atoms with van der Waals surface area (Å²) in [5, 5.41) is 4.87. The molecule has 0 radical (unpaired) electrons. The lowest BCUT2D eigenvalue weighted by Crippen LogP contribution is -1.94. The zero-order valence-electron chi connectivity index (χ0n) is 7.90. The van der Waals surface area contributed by atoms with Crippen LogP contribution in [-0.4, -0.2) is 19.7 Å². The smallest absolute Gasteiger partial charge is 0.115 e. The van der Waals surface area contributed by atoms with Crippen molar-refractivity contribution in [2.24, 2.45) is 7.05 Å². The molecule has 0 aliphatic rings. The van der Waals surface area contributed by atoms with E-state index in [1.807, 2.05) is 14.0 Å². The highest BCUT2D eigenvalue weighted by Gasteiger charge is 2.12. The van der Waals surface area contributed by atoms with Gasteiger partial charge in [0.15, 0.2) is 0 Å². The van der Waals surface area contributed by atoms with Crippen LogP contribution in [0.15, 0.2) is 18.7 Å². The third-order valence-electron chi connectivity index (χ3n) is 1.98.